The molecule has 1 aliphatic heterocycles. The van der Waals surface area contributed by atoms with Gasteiger partial charge in [0.2, 0.25) is 5.91 Å². The SMILES string of the molecule is Cc1cccn2cc(CC(=O)N(CCN(C)C)C[C@H]3CCCO3)nc12. The summed E-state index contributed by atoms with van der Waals surface area (Å²) in [6.45, 7) is 5.10. The molecule has 0 unspecified atom stereocenters. The molecule has 0 radical (unpaired) electrons. The molecule has 6 nitrogen and oxygen atoms in total. The molecule has 2 aromatic heterocycles. The first-order valence-electron chi connectivity index (χ1n) is 9.00. The van der Waals surface area contributed by atoms with Crippen LogP contribution in [0.4, 0.5) is 0 Å². The van der Waals surface area contributed by atoms with Crippen LogP contribution in [0.2, 0.25) is 0 Å². The maximum Gasteiger partial charge on any atom is 0.228 e. The zero-order valence-corrected chi connectivity index (χ0v) is 15.4. The normalized spacial score (nSPS) is 17.5. The number of hydrogen-bond acceptors (Lipinski definition) is 4. The van der Waals surface area contributed by atoms with Gasteiger partial charge in [-0.2, -0.15) is 0 Å². The Balaban J connectivity index is 1.69. The highest BCUT2D eigenvalue weighted by Gasteiger charge is 2.23. The first kappa shape index (κ1) is 17.9. The van der Waals surface area contributed by atoms with E-state index in [4.69, 9.17) is 4.74 Å². The number of ether oxygens (including phenoxy) is 1. The molecule has 1 atom stereocenters. The molecule has 0 aliphatic carbocycles. The Morgan fingerprint density at radius 1 is 1.40 bits per heavy atom. The predicted octanol–water partition coefficient (Wildman–Crippen LogP) is 1.75. The number of carbonyl (C=O) groups is 1. The highest BCUT2D eigenvalue weighted by atomic mass is 16.5. The van der Waals surface area contributed by atoms with Crippen molar-refractivity contribution < 1.29 is 9.53 Å². The summed E-state index contributed by atoms with van der Waals surface area (Å²) in [6.07, 6.45) is 6.57. The average molecular weight is 344 g/mol. The van der Waals surface area contributed by atoms with Crippen LogP contribution in [0.15, 0.2) is 24.5 Å². The summed E-state index contributed by atoms with van der Waals surface area (Å²) in [5.41, 5.74) is 2.86. The molecular weight excluding hydrogens is 316 g/mol. The van der Waals surface area contributed by atoms with E-state index in [9.17, 15) is 4.79 Å². The molecule has 3 heterocycles. The minimum absolute atomic E-state index is 0.124. The fourth-order valence-electron chi connectivity index (χ4n) is 3.23. The lowest BCUT2D eigenvalue weighted by Gasteiger charge is -2.26. The minimum Gasteiger partial charge on any atom is -0.376 e. The van der Waals surface area contributed by atoms with Crippen molar-refractivity contribution in [3.63, 3.8) is 0 Å². The first-order valence-corrected chi connectivity index (χ1v) is 9.00. The molecule has 3 rings (SSSR count). The summed E-state index contributed by atoms with van der Waals surface area (Å²) in [4.78, 5) is 21.6. The van der Waals surface area contributed by atoms with Crippen molar-refractivity contribution in [1.82, 2.24) is 19.2 Å². The van der Waals surface area contributed by atoms with Crippen molar-refractivity contribution in [2.24, 2.45) is 0 Å². The number of imidazole rings is 1. The fraction of sp³-hybridized carbons (Fsp3) is 0.579. The molecule has 136 valence electrons. The number of amides is 1. The largest absolute Gasteiger partial charge is 0.376 e. The van der Waals surface area contributed by atoms with Crippen LogP contribution in [0.3, 0.4) is 0 Å². The van der Waals surface area contributed by atoms with E-state index in [2.05, 4.69) is 9.88 Å². The molecule has 6 heteroatoms. The summed E-state index contributed by atoms with van der Waals surface area (Å²) < 4.78 is 7.72. The Labute approximate surface area is 149 Å². The van der Waals surface area contributed by atoms with Gasteiger partial charge in [0.25, 0.3) is 0 Å². The van der Waals surface area contributed by atoms with E-state index in [1.54, 1.807) is 0 Å². The van der Waals surface area contributed by atoms with Gasteiger partial charge < -0.3 is 18.9 Å². The molecule has 0 aromatic carbocycles. The monoisotopic (exact) mass is 344 g/mol. The molecule has 1 aliphatic rings. The second-order valence-corrected chi connectivity index (χ2v) is 7.11. The number of aromatic nitrogens is 2. The van der Waals surface area contributed by atoms with E-state index >= 15 is 0 Å². The van der Waals surface area contributed by atoms with Crippen LogP contribution in [0, 0.1) is 6.92 Å². The second kappa shape index (κ2) is 7.97. The van der Waals surface area contributed by atoms with Gasteiger partial charge in [-0.3, -0.25) is 4.79 Å². The number of likely N-dealkylation sites (N-methyl/N-ethyl adjacent to an activating group) is 1. The summed E-state index contributed by atoms with van der Waals surface area (Å²) in [7, 11) is 4.05. The predicted molar refractivity (Wildman–Crippen MR) is 97.7 cm³/mol. The van der Waals surface area contributed by atoms with Crippen LogP contribution in [-0.2, 0) is 16.0 Å². The van der Waals surface area contributed by atoms with Crippen molar-refractivity contribution in [3.05, 3.63) is 35.8 Å². The molecule has 1 fully saturated rings. The van der Waals surface area contributed by atoms with E-state index in [0.717, 1.165) is 49.4 Å². The van der Waals surface area contributed by atoms with Crippen LogP contribution in [-0.4, -0.2) is 71.5 Å². The van der Waals surface area contributed by atoms with Crippen molar-refractivity contribution in [2.75, 3.05) is 40.3 Å². The van der Waals surface area contributed by atoms with Gasteiger partial charge in [0.05, 0.1) is 18.2 Å². The molecule has 0 N–H and O–H groups in total. The molecule has 25 heavy (non-hydrogen) atoms. The number of rotatable bonds is 7. The standard InChI is InChI=1S/C19H28N4O2/c1-15-6-4-8-23-13-16(20-19(15)23)12-18(24)22(10-9-21(2)3)14-17-7-5-11-25-17/h4,6,8,13,17H,5,7,9-12,14H2,1-3H3/t17-/m1/s1. The van der Waals surface area contributed by atoms with E-state index < -0.39 is 0 Å². The Hall–Kier alpha value is -1.92. The summed E-state index contributed by atoms with van der Waals surface area (Å²) >= 11 is 0. The van der Waals surface area contributed by atoms with Gasteiger partial charge in [-0.05, 0) is 45.5 Å². The third kappa shape index (κ3) is 4.58. The lowest BCUT2D eigenvalue weighted by Crippen LogP contribution is -2.42. The molecule has 0 bridgehead atoms. The second-order valence-electron chi connectivity index (χ2n) is 7.11. The van der Waals surface area contributed by atoms with Crippen molar-refractivity contribution in [3.8, 4) is 0 Å². The lowest BCUT2D eigenvalue weighted by atomic mass is 10.2. The summed E-state index contributed by atoms with van der Waals surface area (Å²) in [5.74, 6) is 0.124. The van der Waals surface area contributed by atoms with E-state index in [1.165, 1.54) is 0 Å². The maximum absolute atomic E-state index is 12.9. The van der Waals surface area contributed by atoms with Crippen LogP contribution in [0.5, 0.6) is 0 Å². The Morgan fingerprint density at radius 3 is 2.92 bits per heavy atom. The molecular formula is C19H28N4O2. The lowest BCUT2D eigenvalue weighted by molar-refractivity contribution is -0.132. The minimum atomic E-state index is 0.124. The zero-order chi connectivity index (χ0) is 17.8. The molecule has 0 saturated carbocycles. The maximum atomic E-state index is 12.9. The van der Waals surface area contributed by atoms with E-state index in [-0.39, 0.29) is 12.0 Å². The van der Waals surface area contributed by atoms with Crippen LogP contribution < -0.4 is 0 Å². The smallest absolute Gasteiger partial charge is 0.228 e. The third-order valence-electron chi connectivity index (χ3n) is 4.68. The van der Waals surface area contributed by atoms with Gasteiger partial charge in [0.1, 0.15) is 5.65 Å². The topological polar surface area (TPSA) is 50.1 Å². The van der Waals surface area contributed by atoms with Gasteiger partial charge >= 0.3 is 0 Å². The Bertz CT molecular complexity index is 719. The number of pyridine rings is 1. The van der Waals surface area contributed by atoms with Crippen molar-refractivity contribution in [2.45, 2.75) is 32.3 Å². The van der Waals surface area contributed by atoms with Gasteiger partial charge in [-0.15, -0.1) is 0 Å². The number of nitrogens with zero attached hydrogens (tertiary/aromatic N) is 4. The molecule has 2 aromatic rings. The number of hydrogen-bond donors (Lipinski definition) is 0. The van der Waals surface area contributed by atoms with E-state index in [0.29, 0.717) is 13.0 Å². The average Bonchev–Trinajstić information content (AvgIpc) is 3.21. The highest BCUT2D eigenvalue weighted by molar-refractivity contribution is 5.78. The Kier molecular flexibility index (Phi) is 5.71. The Morgan fingerprint density at radius 2 is 2.24 bits per heavy atom. The zero-order valence-electron chi connectivity index (χ0n) is 15.4. The fourth-order valence-corrected chi connectivity index (χ4v) is 3.23. The quantitative estimate of drug-likeness (QED) is 0.768. The first-order chi connectivity index (χ1) is 12.0. The van der Waals surface area contributed by atoms with Crippen LogP contribution in [0.1, 0.15) is 24.1 Å². The summed E-state index contributed by atoms with van der Waals surface area (Å²) in [5, 5.41) is 0. The molecule has 1 saturated heterocycles. The van der Waals surface area contributed by atoms with Crippen molar-refractivity contribution in [1.29, 1.82) is 0 Å². The third-order valence-corrected chi connectivity index (χ3v) is 4.68. The van der Waals surface area contributed by atoms with Gasteiger partial charge in [-0.1, -0.05) is 6.07 Å². The number of aryl methyl sites for hydroxylation is 1. The molecule has 0 spiro atoms. The van der Waals surface area contributed by atoms with Crippen molar-refractivity contribution >= 4 is 11.6 Å². The van der Waals surface area contributed by atoms with Crippen LogP contribution >= 0.6 is 0 Å². The van der Waals surface area contributed by atoms with Gasteiger partial charge in [-0.25, -0.2) is 4.98 Å². The highest BCUT2D eigenvalue weighted by Crippen LogP contribution is 2.15. The number of fused-ring (bicyclic) bond motifs is 1. The molecule has 1 amide bonds. The number of carbonyl (C=O) groups excluding carboxylic acids is 1. The summed E-state index contributed by atoms with van der Waals surface area (Å²) in [6, 6.07) is 4.03. The van der Waals surface area contributed by atoms with E-state index in [1.807, 2.05) is 54.8 Å². The van der Waals surface area contributed by atoms with Gasteiger partial charge in [0.15, 0.2) is 0 Å². The van der Waals surface area contributed by atoms with Crippen LogP contribution in [0.25, 0.3) is 5.65 Å². The van der Waals surface area contributed by atoms with Gasteiger partial charge in [0, 0.05) is 38.6 Å².